The first-order valence-corrected chi connectivity index (χ1v) is 38.6. The minimum absolute atomic E-state index is 0.0825. The molecule has 2 aliphatic carbocycles. The van der Waals surface area contributed by atoms with Crippen molar-refractivity contribution in [2.45, 2.75) is 38.5 Å². The Balaban J connectivity index is 0.000000144. The van der Waals surface area contributed by atoms with Gasteiger partial charge in [0.1, 0.15) is 0 Å². The van der Waals surface area contributed by atoms with E-state index in [1.807, 2.05) is 0 Å². The van der Waals surface area contributed by atoms with E-state index in [2.05, 4.69) is 428 Å². The molecule has 0 saturated carbocycles. The Labute approximate surface area is 643 Å². The minimum Gasteiger partial charge on any atom is -0.0622 e. The lowest BCUT2D eigenvalue weighted by atomic mass is 9.80. The van der Waals surface area contributed by atoms with Crippen molar-refractivity contribution in [2.24, 2.45) is 0 Å². The molecule has 0 nitrogen and oxygen atoms in total. The zero-order valence-corrected chi connectivity index (χ0v) is 62.1. The number of hydrogen-bond acceptors (Lipinski definition) is 0. The average molecular weight is 1400 g/mol. The van der Waals surface area contributed by atoms with E-state index < -0.39 is 0 Å². The molecular formula is C110H78. The SMILES string of the molecule is CC1(C)c2ccccc2-c2ccc(-c3c4ccccc4c(-c4ccc(-c5cc6ccccc6c6ccccc56)cc4)c4ccc(-c5ccccc5)cc34)cc21.CC1(C)c2ccccc2-c2ccc(-c3c4ccccc4c(-c4ccc(C=C(c5ccccc5)c5ccccc5)cc4)c4ccc(-c5ccccc5)cc34)cc21. The molecule has 0 amide bonds. The van der Waals surface area contributed by atoms with Crippen molar-refractivity contribution in [1.29, 1.82) is 0 Å². The van der Waals surface area contributed by atoms with Crippen LogP contribution in [0.4, 0.5) is 0 Å². The number of benzene rings is 19. The van der Waals surface area contributed by atoms with E-state index in [4.69, 9.17) is 0 Å². The zero-order valence-electron chi connectivity index (χ0n) is 62.1. The average Bonchev–Trinajstić information content (AvgIpc) is 1.50. The Bertz CT molecular complexity index is 6830. The van der Waals surface area contributed by atoms with Gasteiger partial charge in [0.2, 0.25) is 0 Å². The van der Waals surface area contributed by atoms with Crippen molar-refractivity contribution in [3.8, 4) is 100 Å². The summed E-state index contributed by atoms with van der Waals surface area (Å²) in [6.07, 6.45) is 2.31. The third-order valence-corrected chi connectivity index (χ3v) is 23.9. The Morgan fingerprint density at radius 3 is 0.982 bits per heavy atom. The minimum atomic E-state index is -0.0836. The monoisotopic (exact) mass is 1400 g/mol. The molecule has 0 aliphatic heterocycles. The lowest BCUT2D eigenvalue weighted by molar-refractivity contribution is 0.660. The van der Waals surface area contributed by atoms with E-state index in [1.54, 1.807) is 0 Å². The van der Waals surface area contributed by atoms with Gasteiger partial charge in [-0.2, -0.15) is 0 Å². The van der Waals surface area contributed by atoms with Crippen LogP contribution in [0.2, 0.25) is 0 Å². The van der Waals surface area contributed by atoms with E-state index in [0.29, 0.717) is 0 Å². The van der Waals surface area contributed by atoms with Gasteiger partial charge in [-0.05, 0) is 246 Å². The highest BCUT2D eigenvalue weighted by atomic mass is 14.4. The van der Waals surface area contributed by atoms with Gasteiger partial charge in [-0.15, -0.1) is 0 Å². The maximum absolute atomic E-state index is 2.48. The number of fused-ring (bicyclic) bond motifs is 13. The lowest BCUT2D eigenvalue weighted by Gasteiger charge is -2.23. The third kappa shape index (κ3) is 11.1. The summed E-state index contributed by atoms with van der Waals surface area (Å²) >= 11 is 0. The quantitative estimate of drug-likeness (QED) is 0.0727. The van der Waals surface area contributed by atoms with E-state index in [1.165, 1.54) is 209 Å². The van der Waals surface area contributed by atoms with Gasteiger partial charge in [0.25, 0.3) is 0 Å². The second kappa shape index (κ2) is 26.8. The summed E-state index contributed by atoms with van der Waals surface area (Å²) in [5, 5.41) is 15.3. The Morgan fingerprint density at radius 1 is 0.191 bits per heavy atom. The molecule has 0 aromatic heterocycles. The number of rotatable bonds is 10. The summed E-state index contributed by atoms with van der Waals surface area (Å²) in [6.45, 7) is 9.49. The van der Waals surface area contributed by atoms with Gasteiger partial charge in [-0.3, -0.25) is 0 Å². The van der Waals surface area contributed by atoms with Crippen LogP contribution < -0.4 is 0 Å². The predicted octanol–water partition coefficient (Wildman–Crippen LogP) is 30.2. The molecule has 0 radical (unpaired) electrons. The second-order valence-electron chi connectivity index (χ2n) is 30.9. The molecule has 518 valence electrons. The van der Waals surface area contributed by atoms with Crippen molar-refractivity contribution >= 4 is 76.3 Å². The van der Waals surface area contributed by atoms with Crippen LogP contribution in [0.15, 0.2) is 394 Å². The van der Waals surface area contributed by atoms with Crippen molar-refractivity contribution in [1.82, 2.24) is 0 Å². The van der Waals surface area contributed by atoms with Crippen molar-refractivity contribution in [3.63, 3.8) is 0 Å². The molecule has 21 rings (SSSR count). The van der Waals surface area contributed by atoms with Crippen molar-refractivity contribution in [2.75, 3.05) is 0 Å². The van der Waals surface area contributed by atoms with Gasteiger partial charge < -0.3 is 0 Å². The van der Waals surface area contributed by atoms with Crippen LogP contribution in [0, 0.1) is 0 Å². The number of hydrogen-bond donors (Lipinski definition) is 0. The Hall–Kier alpha value is -13.5. The molecule has 0 saturated heterocycles. The second-order valence-corrected chi connectivity index (χ2v) is 30.9. The first-order chi connectivity index (χ1) is 54.1. The van der Waals surface area contributed by atoms with Gasteiger partial charge in [0, 0.05) is 10.8 Å². The molecule has 0 heteroatoms. The molecule has 0 fully saturated rings. The fourth-order valence-corrected chi connectivity index (χ4v) is 18.5. The lowest BCUT2D eigenvalue weighted by Crippen LogP contribution is -2.14. The van der Waals surface area contributed by atoms with Crippen molar-refractivity contribution in [3.05, 3.63) is 433 Å². The summed E-state index contributed by atoms with van der Waals surface area (Å²) in [5.41, 5.74) is 33.1. The van der Waals surface area contributed by atoms with Gasteiger partial charge >= 0.3 is 0 Å². The van der Waals surface area contributed by atoms with Gasteiger partial charge in [0.05, 0.1) is 0 Å². The van der Waals surface area contributed by atoms with Crippen molar-refractivity contribution < 1.29 is 0 Å². The Kier molecular flexibility index (Phi) is 16.0. The standard InChI is InChI=1S/C55H38.C55H40/c1-55(2)51-23-13-12-20-44(51)45-30-29-40(34-52(45)55)54-47-22-11-10-21-46(47)53(48-31-28-38(32-50(48)54)35-14-4-3-5-15-35)37-26-24-36(25-27-37)49-33-39-16-6-7-17-41(39)42-18-8-9-19-43(42)49;1-55(2)51-25-15-14-22-44(51)45-32-31-43(36-52(45)55)54-47-24-13-12-23-46(47)53(48-33-30-42(35-50(48)54)38-16-6-3-7-17-38)41-28-26-37(27-29-41)34-49(39-18-8-4-9-19-39)40-20-10-5-11-21-40/h3-34H,1-2H3;3-36H,1-2H3. The molecule has 0 spiro atoms. The van der Waals surface area contributed by atoms with Crippen LogP contribution in [0.3, 0.4) is 0 Å². The summed E-state index contributed by atoms with van der Waals surface area (Å²) in [7, 11) is 0. The van der Waals surface area contributed by atoms with E-state index >= 15 is 0 Å². The summed E-state index contributed by atoms with van der Waals surface area (Å²) < 4.78 is 0. The van der Waals surface area contributed by atoms with Crippen LogP contribution in [0.5, 0.6) is 0 Å². The van der Waals surface area contributed by atoms with Crippen LogP contribution in [-0.2, 0) is 10.8 Å². The molecule has 19 aromatic rings. The molecule has 0 heterocycles. The Morgan fingerprint density at radius 2 is 0.518 bits per heavy atom. The summed E-state index contributed by atoms with van der Waals surface area (Å²) in [6, 6.07) is 146. The normalized spacial score (nSPS) is 12.9. The van der Waals surface area contributed by atoms with Crippen LogP contribution >= 0.6 is 0 Å². The third-order valence-electron chi connectivity index (χ3n) is 23.9. The highest BCUT2D eigenvalue weighted by Crippen LogP contribution is 2.55. The molecular weight excluding hydrogens is 1320 g/mol. The topological polar surface area (TPSA) is 0 Å². The molecule has 0 bridgehead atoms. The van der Waals surface area contributed by atoms with Crippen LogP contribution in [-0.4, -0.2) is 0 Å². The first-order valence-electron chi connectivity index (χ1n) is 38.6. The maximum Gasteiger partial charge on any atom is 0.0159 e. The smallest absolute Gasteiger partial charge is 0.0159 e. The first kappa shape index (κ1) is 66.0. The highest BCUT2D eigenvalue weighted by Gasteiger charge is 2.37. The fourth-order valence-electron chi connectivity index (χ4n) is 18.5. The molecule has 110 heavy (non-hydrogen) atoms. The molecule has 0 unspecified atom stereocenters. The van der Waals surface area contributed by atoms with E-state index in [-0.39, 0.29) is 10.8 Å². The predicted molar refractivity (Wildman–Crippen MR) is 471 cm³/mol. The molecule has 0 N–H and O–H groups in total. The highest BCUT2D eigenvalue weighted by molar-refractivity contribution is 6.24. The summed E-state index contributed by atoms with van der Waals surface area (Å²) in [5.74, 6) is 0. The molecule has 2 aliphatic rings. The van der Waals surface area contributed by atoms with Crippen LogP contribution in [0.1, 0.15) is 66.6 Å². The molecule has 0 atom stereocenters. The fraction of sp³-hybridized carbons (Fsp3) is 0.0545. The van der Waals surface area contributed by atoms with Gasteiger partial charge in [-0.25, -0.2) is 0 Å². The zero-order chi connectivity index (χ0) is 73.6. The maximum atomic E-state index is 2.48. The van der Waals surface area contributed by atoms with Gasteiger partial charge in [0.15, 0.2) is 0 Å². The van der Waals surface area contributed by atoms with Crippen LogP contribution in [0.25, 0.3) is 176 Å². The largest absolute Gasteiger partial charge is 0.0622 e. The van der Waals surface area contributed by atoms with Gasteiger partial charge in [-0.1, -0.05) is 392 Å². The summed E-state index contributed by atoms with van der Waals surface area (Å²) in [4.78, 5) is 0. The van der Waals surface area contributed by atoms with E-state index in [9.17, 15) is 0 Å². The molecule has 19 aromatic carbocycles. The van der Waals surface area contributed by atoms with E-state index in [0.717, 1.165) is 0 Å².